The molecule has 0 aromatic carbocycles. The maximum Gasteiger partial charge on any atom is 0.309 e. The Morgan fingerprint density at radius 3 is 2.58 bits per heavy atom. The van der Waals surface area contributed by atoms with Gasteiger partial charge >= 0.3 is 5.97 Å². The van der Waals surface area contributed by atoms with Crippen molar-refractivity contribution >= 4 is 5.97 Å². The molecule has 6 heteroatoms. The van der Waals surface area contributed by atoms with Gasteiger partial charge in [0.15, 0.2) is 5.82 Å². The highest BCUT2D eigenvalue weighted by Gasteiger charge is 2.31. The molecule has 19 heavy (non-hydrogen) atoms. The normalized spacial score (nSPS) is 14.4. The van der Waals surface area contributed by atoms with E-state index < -0.39 is 0 Å². The summed E-state index contributed by atoms with van der Waals surface area (Å²) in [7, 11) is 1.43. The molecular weight excluding hydrogens is 244 g/mol. The Bertz CT molecular complexity index is 403. The van der Waals surface area contributed by atoms with Crippen LogP contribution in [-0.4, -0.2) is 33.3 Å². The molecule has 1 rings (SSSR count). The molecule has 0 amide bonds. The van der Waals surface area contributed by atoms with E-state index in [-0.39, 0.29) is 17.8 Å². The zero-order valence-electron chi connectivity index (χ0n) is 12.5. The average molecular weight is 268 g/mol. The molecule has 0 unspecified atom stereocenters. The summed E-state index contributed by atoms with van der Waals surface area (Å²) >= 11 is 0. The zero-order valence-corrected chi connectivity index (χ0v) is 12.5. The number of carbonyl (C=O) groups excluding carboxylic acids is 1. The lowest BCUT2D eigenvalue weighted by Gasteiger charge is -2.22. The third kappa shape index (κ3) is 4.01. The average Bonchev–Trinajstić information content (AvgIpc) is 2.82. The Morgan fingerprint density at radius 2 is 2.05 bits per heavy atom. The smallest absolute Gasteiger partial charge is 0.309 e. The fourth-order valence-electron chi connectivity index (χ4n) is 2.25. The first kappa shape index (κ1) is 15.6. The van der Waals surface area contributed by atoms with Crippen molar-refractivity contribution in [2.24, 2.45) is 11.8 Å². The lowest BCUT2D eigenvalue weighted by molar-refractivity contribution is -0.146. The Kier molecular flexibility index (Phi) is 5.92. The largest absolute Gasteiger partial charge is 0.469 e. The molecule has 0 aliphatic rings. The summed E-state index contributed by atoms with van der Waals surface area (Å²) in [4.78, 5) is 12.0. The van der Waals surface area contributed by atoms with E-state index in [1.165, 1.54) is 7.11 Å². The van der Waals surface area contributed by atoms with Crippen molar-refractivity contribution < 1.29 is 9.53 Å². The minimum absolute atomic E-state index is 0.0450. The van der Waals surface area contributed by atoms with Gasteiger partial charge in [-0.15, -0.1) is 5.10 Å². The van der Waals surface area contributed by atoms with E-state index in [4.69, 9.17) is 4.74 Å². The van der Waals surface area contributed by atoms with Gasteiger partial charge in [-0.1, -0.05) is 27.7 Å². The summed E-state index contributed by atoms with van der Waals surface area (Å²) in [5.74, 6) is 0.746. The molecule has 2 atom stereocenters. The van der Waals surface area contributed by atoms with Crippen molar-refractivity contribution in [3.63, 3.8) is 0 Å². The quantitative estimate of drug-likeness (QED) is 0.708. The summed E-state index contributed by atoms with van der Waals surface area (Å²) in [5, 5.41) is 11.8. The number of ether oxygens (including phenoxy) is 1. The van der Waals surface area contributed by atoms with E-state index in [1.807, 2.05) is 6.92 Å². The third-order valence-corrected chi connectivity index (χ3v) is 3.24. The van der Waals surface area contributed by atoms with Gasteiger partial charge in [0, 0.05) is 12.5 Å². The van der Waals surface area contributed by atoms with Crippen molar-refractivity contribution in [1.29, 1.82) is 0 Å². The molecule has 1 aromatic heterocycles. The highest BCUT2D eigenvalue weighted by Crippen LogP contribution is 2.29. The minimum Gasteiger partial charge on any atom is -0.469 e. The van der Waals surface area contributed by atoms with Gasteiger partial charge in [-0.2, -0.15) is 0 Å². The van der Waals surface area contributed by atoms with Crippen LogP contribution in [-0.2, 0) is 16.1 Å². The molecule has 0 aliphatic heterocycles. The number of rotatable bonds is 7. The topological polar surface area (TPSA) is 69.9 Å². The van der Waals surface area contributed by atoms with Gasteiger partial charge in [0.2, 0.25) is 0 Å². The zero-order chi connectivity index (χ0) is 14.4. The predicted molar refractivity (Wildman–Crippen MR) is 71.5 cm³/mol. The number of methoxy groups -OCH3 is 1. The van der Waals surface area contributed by atoms with Crippen LogP contribution in [0.4, 0.5) is 0 Å². The molecule has 6 nitrogen and oxygen atoms in total. The van der Waals surface area contributed by atoms with Crippen LogP contribution in [0.15, 0.2) is 0 Å². The first-order valence-corrected chi connectivity index (χ1v) is 6.85. The number of hydrogen-bond donors (Lipinski definition) is 0. The number of hydrogen-bond acceptors (Lipinski definition) is 5. The number of tetrazole rings is 1. The molecule has 1 aromatic rings. The van der Waals surface area contributed by atoms with Gasteiger partial charge in [-0.3, -0.25) is 4.79 Å². The second kappa shape index (κ2) is 7.21. The summed E-state index contributed by atoms with van der Waals surface area (Å²) in [5.41, 5.74) is 0. The van der Waals surface area contributed by atoms with Crippen molar-refractivity contribution in [1.82, 2.24) is 20.2 Å². The SMILES string of the molecule is CCCn1nnnc1[C@H](C)[C@@H](CC(C)C)C(=O)OC. The molecule has 0 spiro atoms. The van der Waals surface area contributed by atoms with Crippen LogP contribution in [0.25, 0.3) is 0 Å². The molecule has 0 saturated heterocycles. The van der Waals surface area contributed by atoms with E-state index in [0.29, 0.717) is 5.92 Å². The second-order valence-corrected chi connectivity index (χ2v) is 5.31. The van der Waals surface area contributed by atoms with E-state index in [9.17, 15) is 4.79 Å². The summed E-state index contributed by atoms with van der Waals surface area (Å²) in [6.07, 6.45) is 1.73. The lowest BCUT2D eigenvalue weighted by Crippen LogP contribution is -2.26. The molecule has 0 aliphatic carbocycles. The lowest BCUT2D eigenvalue weighted by atomic mass is 9.86. The van der Waals surface area contributed by atoms with E-state index >= 15 is 0 Å². The van der Waals surface area contributed by atoms with E-state index in [1.54, 1.807) is 4.68 Å². The van der Waals surface area contributed by atoms with Crippen molar-refractivity contribution in [2.45, 2.75) is 53.0 Å². The van der Waals surface area contributed by atoms with Crippen molar-refractivity contribution in [3.8, 4) is 0 Å². The summed E-state index contributed by atoms with van der Waals surface area (Å²) in [6.45, 7) is 9.02. The summed E-state index contributed by atoms with van der Waals surface area (Å²) < 4.78 is 6.69. The fraction of sp³-hybridized carbons (Fsp3) is 0.846. The van der Waals surface area contributed by atoms with Crippen LogP contribution in [0.3, 0.4) is 0 Å². The maximum atomic E-state index is 12.0. The first-order chi connectivity index (χ1) is 9.01. The first-order valence-electron chi connectivity index (χ1n) is 6.85. The van der Waals surface area contributed by atoms with E-state index in [2.05, 4.69) is 36.3 Å². The van der Waals surface area contributed by atoms with Crippen LogP contribution in [0.1, 0.15) is 52.3 Å². The fourth-order valence-corrected chi connectivity index (χ4v) is 2.25. The van der Waals surface area contributed by atoms with Crippen LogP contribution in [0.5, 0.6) is 0 Å². The molecule has 0 radical (unpaired) electrons. The highest BCUT2D eigenvalue weighted by atomic mass is 16.5. The van der Waals surface area contributed by atoms with Crippen LogP contribution < -0.4 is 0 Å². The Morgan fingerprint density at radius 1 is 1.37 bits per heavy atom. The Labute approximate surface area is 114 Å². The van der Waals surface area contributed by atoms with Gasteiger partial charge < -0.3 is 4.74 Å². The molecule has 0 bridgehead atoms. The van der Waals surface area contributed by atoms with E-state index in [0.717, 1.165) is 25.2 Å². The van der Waals surface area contributed by atoms with Gasteiger partial charge in [0.05, 0.1) is 13.0 Å². The Hall–Kier alpha value is -1.46. The summed E-state index contributed by atoms with van der Waals surface area (Å²) in [6, 6.07) is 0. The standard InChI is InChI=1S/C13H24N4O2/c1-6-7-17-12(14-15-16-17)10(4)11(8-9(2)3)13(18)19-5/h9-11H,6-8H2,1-5H3/t10-,11-/m1/s1. The van der Waals surface area contributed by atoms with Crippen molar-refractivity contribution in [2.75, 3.05) is 7.11 Å². The Balaban J connectivity index is 2.94. The van der Waals surface area contributed by atoms with Gasteiger partial charge in [0.25, 0.3) is 0 Å². The monoisotopic (exact) mass is 268 g/mol. The number of aromatic nitrogens is 4. The molecular formula is C13H24N4O2. The van der Waals surface area contributed by atoms with Gasteiger partial charge in [-0.05, 0) is 29.2 Å². The van der Waals surface area contributed by atoms with Crippen LogP contribution in [0, 0.1) is 11.8 Å². The molecule has 0 fully saturated rings. The number of nitrogens with zero attached hydrogens (tertiary/aromatic N) is 4. The highest BCUT2D eigenvalue weighted by molar-refractivity contribution is 5.73. The van der Waals surface area contributed by atoms with Crippen LogP contribution in [0.2, 0.25) is 0 Å². The van der Waals surface area contributed by atoms with Crippen LogP contribution >= 0.6 is 0 Å². The molecule has 1 heterocycles. The minimum atomic E-state index is -0.202. The number of carbonyl (C=O) groups is 1. The number of esters is 1. The molecule has 0 saturated carbocycles. The predicted octanol–water partition coefficient (Wildman–Crippen LogP) is 2.02. The van der Waals surface area contributed by atoms with Gasteiger partial charge in [0.1, 0.15) is 0 Å². The third-order valence-electron chi connectivity index (χ3n) is 3.24. The van der Waals surface area contributed by atoms with Crippen molar-refractivity contribution in [3.05, 3.63) is 5.82 Å². The number of aryl methyl sites for hydroxylation is 1. The van der Waals surface area contributed by atoms with Gasteiger partial charge in [-0.25, -0.2) is 4.68 Å². The molecule has 0 N–H and O–H groups in total. The molecule has 108 valence electrons. The maximum absolute atomic E-state index is 12.0. The second-order valence-electron chi connectivity index (χ2n) is 5.31.